The molecule has 2 aromatic heterocycles. The van der Waals surface area contributed by atoms with Gasteiger partial charge in [-0.2, -0.15) is 15.1 Å². The molecule has 0 radical (unpaired) electrons. The molecule has 4 atom stereocenters. The van der Waals surface area contributed by atoms with Crippen LogP contribution < -0.4 is 4.90 Å². The molecule has 1 aromatic carbocycles. The lowest BCUT2D eigenvalue weighted by atomic mass is 9.75. The maximum Gasteiger partial charge on any atom is 0.350 e. The number of halogens is 1. The van der Waals surface area contributed by atoms with Gasteiger partial charge in [-0.25, -0.2) is 4.68 Å². The number of hydrogen-bond donors (Lipinski definition) is 2. The molecule has 14 heteroatoms. The standard InChI is InChI=1S/C25H29ClN5O7P/c1-24(2)37-18-17(10-35-13-39(32,33)34)36-22(19(18)38-24)31-21-15(9-27-31)20(28-23(26)29-21)30-11-25(12-30)8-7-14-5-3-4-6-16(14)25/h3-6,9,17-19,22H,7-8,10-13H2,1-2H3,(H2,32,33,34)/t17-,18-,19-,22-/m1/s1. The third-order valence-electron chi connectivity index (χ3n) is 8.06. The Kier molecular flexibility index (Phi) is 5.90. The zero-order valence-corrected chi connectivity index (χ0v) is 23.1. The first-order valence-electron chi connectivity index (χ1n) is 12.9. The average Bonchev–Trinajstić information content (AvgIpc) is 3.57. The van der Waals surface area contributed by atoms with Gasteiger partial charge in [0.25, 0.3) is 0 Å². The molecule has 4 aliphatic rings. The second-order valence-electron chi connectivity index (χ2n) is 11.2. The number of hydrogen-bond acceptors (Lipinski definition) is 9. The number of rotatable bonds is 6. The minimum absolute atomic E-state index is 0.0836. The summed E-state index contributed by atoms with van der Waals surface area (Å²) >= 11 is 6.43. The molecule has 1 aliphatic carbocycles. The molecule has 0 unspecified atom stereocenters. The lowest BCUT2D eigenvalue weighted by molar-refractivity contribution is -0.202. The van der Waals surface area contributed by atoms with E-state index in [1.165, 1.54) is 11.1 Å². The summed E-state index contributed by atoms with van der Waals surface area (Å²) < 4.78 is 36.6. The summed E-state index contributed by atoms with van der Waals surface area (Å²) in [5.41, 5.74) is 3.47. The van der Waals surface area contributed by atoms with Gasteiger partial charge in [0.15, 0.2) is 17.7 Å². The van der Waals surface area contributed by atoms with Crippen molar-refractivity contribution in [3.63, 3.8) is 0 Å². The van der Waals surface area contributed by atoms with Gasteiger partial charge in [0.1, 0.15) is 30.5 Å². The lowest BCUT2D eigenvalue weighted by Gasteiger charge is -2.49. The third-order valence-corrected chi connectivity index (χ3v) is 8.75. The van der Waals surface area contributed by atoms with E-state index in [-0.39, 0.29) is 17.3 Å². The van der Waals surface area contributed by atoms with Crippen LogP contribution in [0.25, 0.3) is 11.0 Å². The number of nitrogens with zero attached hydrogens (tertiary/aromatic N) is 5. The van der Waals surface area contributed by atoms with Crippen molar-refractivity contribution in [3.8, 4) is 0 Å². The number of aryl methyl sites for hydroxylation is 1. The van der Waals surface area contributed by atoms with Crippen LogP contribution in [0.2, 0.25) is 5.28 Å². The van der Waals surface area contributed by atoms with Gasteiger partial charge in [-0.15, -0.1) is 0 Å². The summed E-state index contributed by atoms with van der Waals surface area (Å²) in [5, 5.41) is 5.46. The van der Waals surface area contributed by atoms with Gasteiger partial charge in [-0.1, -0.05) is 24.3 Å². The molecule has 3 aliphatic heterocycles. The highest BCUT2D eigenvalue weighted by molar-refractivity contribution is 7.51. The molecule has 3 fully saturated rings. The van der Waals surface area contributed by atoms with Crippen LogP contribution in [0.15, 0.2) is 30.5 Å². The molecule has 39 heavy (non-hydrogen) atoms. The molecule has 0 amide bonds. The van der Waals surface area contributed by atoms with E-state index in [9.17, 15) is 4.57 Å². The minimum Gasteiger partial charge on any atom is -0.366 e. The van der Waals surface area contributed by atoms with Gasteiger partial charge in [0.2, 0.25) is 5.28 Å². The Bertz CT molecular complexity index is 1490. The van der Waals surface area contributed by atoms with Gasteiger partial charge in [-0.05, 0) is 49.4 Å². The Morgan fingerprint density at radius 2 is 1.95 bits per heavy atom. The van der Waals surface area contributed by atoms with E-state index in [1.54, 1.807) is 24.7 Å². The zero-order chi connectivity index (χ0) is 27.2. The minimum atomic E-state index is -4.32. The highest BCUT2D eigenvalue weighted by Gasteiger charge is 2.57. The van der Waals surface area contributed by atoms with E-state index in [2.05, 4.69) is 44.2 Å². The molecular formula is C25H29ClN5O7P. The van der Waals surface area contributed by atoms with Crippen LogP contribution in [0.3, 0.4) is 0 Å². The molecule has 3 saturated heterocycles. The number of anilines is 1. The van der Waals surface area contributed by atoms with Crippen LogP contribution in [0.1, 0.15) is 37.6 Å². The lowest BCUT2D eigenvalue weighted by Crippen LogP contribution is -2.58. The highest BCUT2D eigenvalue weighted by Crippen LogP contribution is 2.48. The van der Waals surface area contributed by atoms with Crippen LogP contribution in [-0.4, -0.2) is 79.7 Å². The Morgan fingerprint density at radius 1 is 1.18 bits per heavy atom. The molecule has 3 aromatic rings. The van der Waals surface area contributed by atoms with Gasteiger partial charge in [0.05, 0.1) is 18.2 Å². The smallest absolute Gasteiger partial charge is 0.350 e. The first kappa shape index (κ1) is 25.8. The zero-order valence-electron chi connectivity index (χ0n) is 21.4. The largest absolute Gasteiger partial charge is 0.366 e. The molecule has 208 valence electrons. The fraction of sp³-hybridized carbons (Fsp3) is 0.560. The van der Waals surface area contributed by atoms with Gasteiger partial charge < -0.3 is 33.6 Å². The summed E-state index contributed by atoms with van der Waals surface area (Å²) in [7, 11) is -4.32. The van der Waals surface area contributed by atoms with E-state index in [0.29, 0.717) is 5.65 Å². The number of ether oxygens (including phenoxy) is 4. The third kappa shape index (κ3) is 4.38. The van der Waals surface area contributed by atoms with Crippen molar-refractivity contribution in [2.75, 3.05) is 30.9 Å². The van der Waals surface area contributed by atoms with E-state index in [1.807, 2.05) is 0 Å². The van der Waals surface area contributed by atoms with E-state index >= 15 is 0 Å². The topological polar surface area (TPSA) is 141 Å². The molecule has 2 N–H and O–H groups in total. The van der Waals surface area contributed by atoms with Crippen LogP contribution in [0.4, 0.5) is 5.82 Å². The number of fused-ring (bicyclic) bond motifs is 4. The first-order chi connectivity index (χ1) is 18.5. The molecule has 0 saturated carbocycles. The van der Waals surface area contributed by atoms with Crippen molar-refractivity contribution in [2.24, 2.45) is 0 Å². The maximum absolute atomic E-state index is 11.3. The quantitative estimate of drug-likeness (QED) is 0.330. The molecule has 1 spiro atoms. The summed E-state index contributed by atoms with van der Waals surface area (Å²) in [6.07, 6.45) is 0.760. The van der Waals surface area contributed by atoms with Crippen LogP contribution in [-0.2, 0) is 35.3 Å². The molecule has 7 rings (SSSR count). The van der Waals surface area contributed by atoms with Crippen molar-refractivity contribution >= 4 is 36.0 Å². The van der Waals surface area contributed by atoms with Crippen molar-refractivity contribution in [3.05, 3.63) is 46.9 Å². The maximum atomic E-state index is 11.3. The fourth-order valence-electron chi connectivity index (χ4n) is 6.52. The van der Waals surface area contributed by atoms with E-state index < -0.39 is 44.3 Å². The van der Waals surface area contributed by atoms with Gasteiger partial charge in [0, 0.05) is 18.5 Å². The fourth-order valence-corrected chi connectivity index (χ4v) is 7.02. The number of aromatic nitrogens is 4. The van der Waals surface area contributed by atoms with Crippen LogP contribution in [0, 0.1) is 0 Å². The predicted octanol–water partition coefficient (Wildman–Crippen LogP) is 2.75. The summed E-state index contributed by atoms with van der Waals surface area (Å²) in [5.74, 6) is -0.158. The average molecular weight is 578 g/mol. The highest BCUT2D eigenvalue weighted by atomic mass is 35.5. The molecule has 12 nitrogen and oxygen atoms in total. The van der Waals surface area contributed by atoms with Crippen LogP contribution in [0.5, 0.6) is 0 Å². The van der Waals surface area contributed by atoms with E-state index in [0.717, 1.165) is 37.1 Å². The van der Waals surface area contributed by atoms with Crippen molar-refractivity contribution in [1.82, 2.24) is 19.7 Å². The second-order valence-corrected chi connectivity index (χ2v) is 13.2. The summed E-state index contributed by atoms with van der Waals surface area (Å²) in [6.45, 7) is 5.20. The van der Waals surface area contributed by atoms with Crippen molar-refractivity contribution in [2.45, 2.75) is 62.4 Å². The predicted molar refractivity (Wildman–Crippen MR) is 140 cm³/mol. The van der Waals surface area contributed by atoms with E-state index in [4.69, 9.17) is 40.3 Å². The number of benzene rings is 1. The Balaban J connectivity index is 1.17. The SMILES string of the molecule is CC1(C)O[C@@H]2[C@H](O1)[C@@H](COCP(=O)(O)O)O[C@H]2n1ncc2c(N3CC4(CCc5ccccc54)C3)nc(Cl)nc21. The molecular weight excluding hydrogens is 549 g/mol. The van der Waals surface area contributed by atoms with Crippen molar-refractivity contribution < 1.29 is 33.3 Å². The normalized spacial score (nSPS) is 28.7. The van der Waals surface area contributed by atoms with Gasteiger partial charge >= 0.3 is 7.60 Å². The first-order valence-corrected chi connectivity index (χ1v) is 15.1. The van der Waals surface area contributed by atoms with Gasteiger partial charge in [-0.3, -0.25) is 4.57 Å². The van der Waals surface area contributed by atoms with Crippen LogP contribution >= 0.6 is 19.2 Å². The van der Waals surface area contributed by atoms with Crippen molar-refractivity contribution in [1.29, 1.82) is 0 Å². The molecule has 5 heterocycles. The summed E-state index contributed by atoms with van der Waals surface area (Å²) in [6, 6.07) is 8.65. The summed E-state index contributed by atoms with van der Waals surface area (Å²) in [4.78, 5) is 29.6. The molecule has 0 bridgehead atoms. The Hall–Kier alpha value is -2.15. The monoisotopic (exact) mass is 577 g/mol. The second kappa shape index (κ2) is 8.92. The Morgan fingerprint density at radius 3 is 2.74 bits per heavy atom. The Labute approximate surface area is 229 Å².